The Labute approximate surface area is 175 Å². The second kappa shape index (κ2) is 9.97. The molecule has 0 aliphatic rings. The number of likely N-dealkylation sites (N-methyl/N-ethyl adjacent to an activating group) is 1. The molecule has 7 heteroatoms. The molecule has 30 heavy (non-hydrogen) atoms. The Morgan fingerprint density at radius 2 is 1.53 bits per heavy atom. The molecule has 152 valence electrons. The van der Waals surface area contributed by atoms with Crippen LogP contribution in [0.1, 0.15) is 10.4 Å². The van der Waals surface area contributed by atoms with E-state index < -0.39 is 0 Å². The van der Waals surface area contributed by atoms with Crippen molar-refractivity contribution in [3.63, 3.8) is 0 Å². The number of nitrogens with zero attached hydrogens (tertiary/aromatic N) is 3. The molecule has 0 heterocycles. The van der Waals surface area contributed by atoms with E-state index in [9.17, 15) is 9.59 Å². The fourth-order valence-electron chi connectivity index (χ4n) is 2.43. The van der Waals surface area contributed by atoms with Crippen molar-refractivity contribution < 1.29 is 14.3 Å². The Bertz CT molecular complexity index is 1030. The second-order valence-electron chi connectivity index (χ2n) is 6.64. The van der Waals surface area contributed by atoms with Crippen molar-refractivity contribution in [2.24, 2.45) is 10.2 Å². The minimum absolute atomic E-state index is 0.0862. The van der Waals surface area contributed by atoms with Gasteiger partial charge in [0, 0.05) is 25.3 Å². The van der Waals surface area contributed by atoms with Crippen molar-refractivity contribution in [3.05, 3.63) is 84.4 Å². The number of carbonyl (C=O) groups excluding carboxylic acids is 2. The molecule has 0 bridgehead atoms. The molecule has 0 atom stereocenters. The van der Waals surface area contributed by atoms with E-state index in [-0.39, 0.29) is 18.4 Å². The van der Waals surface area contributed by atoms with E-state index in [4.69, 9.17) is 4.74 Å². The molecule has 1 N–H and O–H groups in total. The summed E-state index contributed by atoms with van der Waals surface area (Å²) >= 11 is 0. The van der Waals surface area contributed by atoms with E-state index in [1.165, 1.54) is 4.90 Å². The van der Waals surface area contributed by atoms with Crippen LogP contribution in [-0.2, 0) is 4.79 Å². The van der Waals surface area contributed by atoms with Crippen LogP contribution < -0.4 is 10.1 Å². The number of anilines is 1. The summed E-state index contributed by atoms with van der Waals surface area (Å²) in [6.07, 6.45) is 0. The first-order chi connectivity index (χ1) is 14.5. The largest absolute Gasteiger partial charge is 0.484 e. The maximum absolute atomic E-state index is 12.5. The molecular formula is C23H22N4O3. The molecule has 3 aromatic rings. The number of amides is 2. The number of azo groups is 1. The van der Waals surface area contributed by atoms with Crippen LogP contribution in [0.4, 0.5) is 17.1 Å². The van der Waals surface area contributed by atoms with Gasteiger partial charge in [-0.2, -0.15) is 10.2 Å². The van der Waals surface area contributed by atoms with Gasteiger partial charge in [0.25, 0.3) is 11.8 Å². The zero-order chi connectivity index (χ0) is 21.3. The van der Waals surface area contributed by atoms with Gasteiger partial charge in [-0.15, -0.1) is 0 Å². The fourth-order valence-corrected chi connectivity index (χ4v) is 2.43. The lowest BCUT2D eigenvalue weighted by Gasteiger charge is -2.12. The van der Waals surface area contributed by atoms with Crippen LogP contribution in [0.15, 0.2) is 89.1 Å². The minimum atomic E-state index is -0.280. The Hall–Kier alpha value is -4.00. The Kier molecular flexibility index (Phi) is 6.89. The summed E-state index contributed by atoms with van der Waals surface area (Å²) in [5.41, 5.74) is 2.51. The molecule has 2 amide bonds. The van der Waals surface area contributed by atoms with Gasteiger partial charge < -0.3 is 15.0 Å². The van der Waals surface area contributed by atoms with Crippen molar-refractivity contribution in [1.29, 1.82) is 0 Å². The van der Waals surface area contributed by atoms with E-state index in [0.717, 1.165) is 5.69 Å². The highest BCUT2D eigenvalue weighted by atomic mass is 16.5. The number of hydrogen-bond acceptors (Lipinski definition) is 5. The van der Waals surface area contributed by atoms with Crippen LogP contribution in [0.5, 0.6) is 5.75 Å². The maximum atomic E-state index is 12.5. The first kappa shape index (κ1) is 20.7. The predicted molar refractivity (Wildman–Crippen MR) is 116 cm³/mol. The van der Waals surface area contributed by atoms with Crippen molar-refractivity contribution in [1.82, 2.24) is 4.90 Å². The number of ether oxygens (including phenoxy) is 1. The highest BCUT2D eigenvalue weighted by Gasteiger charge is 2.09. The third-order valence-electron chi connectivity index (χ3n) is 4.12. The van der Waals surface area contributed by atoms with Crippen LogP contribution in [-0.4, -0.2) is 37.4 Å². The van der Waals surface area contributed by atoms with Gasteiger partial charge in [0.15, 0.2) is 6.61 Å². The van der Waals surface area contributed by atoms with Crippen LogP contribution >= 0.6 is 0 Å². The van der Waals surface area contributed by atoms with Crippen molar-refractivity contribution in [2.45, 2.75) is 0 Å². The number of nitrogens with one attached hydrogen (secondary N) is 1. The summed E-state index contributed by atoms with van der Waals surface area (Å²) in [6, 6.07) is 23.2. The highest BCUT2D eigenvalue weighted by Crippen LogP contribution is 2.21. The third kappa shape index (κ3) is 6.00. The van der Waals surface area contributed by atoms with Crippen LogP contribution in [0.2, 0.25) is 0 Å². The topological polar surface area (TPSA) is 83.4 Å². The SMILES string of the molecule is CN(C)C(=O)COc1cccc(C(=O)Nc2ccc(N=Nc3ccccc3)cc2)c1. The minimum Gasteiger partial charge on any atom is -0.484 e. The number of benzene rings is 3. The molecule has 0 spiro atoms. The molecule has 0 aromatic heterocycles. The maximum Gasteiger partial charge on any atom is 0.259 e. The Morgan fingerprint density at radius 1 is 0.867 bits per heavy atom. The molecular weight excluding hydrogens is 380 g/mol. The van der Waals surface area contributed by atoms with E-state index in [0.29, 0.717) is 22.7 Å². The quantitative estimate of drug-likeness (QED) is 0.575. The standard InChI is InChI=1S/C23H22N4O3/c1-27(2)22(28)16-30-21-10-6-7-17(15-21)23(29)24-18-11-13-20(14-12-18)26-25-19-8-4-3-5-9-19/h3-15H,16H2,1-2H3,(H,24,29). The molecule has 7 nitrogen and oxygen atoms in total. The molecule has 0 saturated heterocycles. The predicted octanol–water partition coefficient (Wildman–Crippen LogP) is 4.82. The lowest BCUT2D eigenvalue weighted by molar-refractivity contribution is -0.130. The van der Waals surface area contributed by atoms with Gasteiger partial charge in [-0.05, 0) is 54.6 Å². The van der Waals surface area contributed by atoms with E-state index >= 15 is 0 Å². The summed E-state index contributed by atoms with van der Waals surface area (Å²) in [5.74, 6) is 0.0157. The van der Waals surface area contributed by atoms with Gasteiger partial charge in [-0.25, -0.2) is 0 Å². The zero-order valence-corrected chi connectivity index (χ0v) is 16.8. The average molecular weight is 402 g/mol. The van der Waals surface area contributed by atoms with Crippen LogP contribution in [0, 0.1) is 0 Å². The lowest BCUT2D eigenvalue weighted by atomic mass is 10.2. The van der Waals surface area contributed by atoms with Crippen LogP contribution in [0.25, 0.3) is 0 Å². The van der Waals surface area contributed by atoms with Crippen molar-refractivity contribution in [2.75, 3.05) is 26.0 Å². The summed E-state index contributed by atoms with van der Waals surface area (Å²) in [6.45, 7) is -0.0862. The summed E-state index contributed by atoms with van der Waals surface area (Å²) in [4.78, 5) is 25.6. The Morgan fingerprint density at radius 3 is 2.20 bits per heavy atom. The van der Waals surface area contributed by atoms with E-state index in [2.05, 4.69) is 15.5 Å². The first-order valence-electron chi connectivity index (χ1n) is 9.32. The van der Waals surface area contributed by atoms with E-state index in [1.54, 1.807) is 62.6 Å². The van der Waals surface area contributed by atoms with Crippen molar-refractivity contribution in [3.8, 4) is 5.75 Å². The molecule has 0 aliphatic heterocycles. The van der Waals surface area contributed by atoms with Crippen LogP contribution in [0.3, 0.4) is 0 Å². The molecule has 3 rings (SSSR count). The zero-order valence-electron chi connectivity index (χ0n) is 16.8. The monoisotopic (exact) mass is 402 g/mol. The second-order valence-corrected chi connectivity index (χ2v) is 6.64. The molecule has 0 saturated carbocycles. The molecule has 3 aromatic carbocycles. The molecule has 0 radical (unpaired) electrons. The first-order valence-corrected chi connectivity index (χ1v) is 9.32. The van der Waals surface area contributed by atoms with Gasteiger partial charge in [0.05, 0.1) is 11.4 Å². The fraction of sp³-hybridized carbons (Fsp3) is 0.130. The molecule has 0 fully saturated rings. The van der Waals surface area contributed by atoms with Gasteiger partial charge in [-0.3, -0.25) is 9.59 Å². The molecule has 0 aliphatic carbocycles. The molecule has 0 unspecified atom stereocenters. The van der Waals surface area contributed by atoms with Gasteiger partial charge in [0.1, 0.15) is 5.75 Å². The number of hydrogen-bond donors (Lipinski definition) is 1. The van der Waals surface area contributed by atoms with Gasteiger partial charge in [0.2, 0.25) is 0 Å². The van der Waals surface area contributed by atoms with E-state index in [1.807, 2.05) is 30.3 Å². The smallest absolute Gasteiger partial charge is 0.259 e. The number of rotatable bonds is 7. The lowest BCUT2D eigenvalue weighted by Crippen LogP contribution is -2.27. The number of carbonyl (C=O) groups is 2. The highest BCUT2D eigenvalue weighted by molar-refractivity contribution is 6.04. The third-order valence-corrected chi connectivity index (χ3v) is 4.12. The average Bonchev–Trinajstić information content (AvgIpc) is 2.77. The Balaban J connectivity index is 1.60. The summed E-state index contributed by atoms with van der Waals surface area (Å²) in [7, 11) is 3.31. The van der Waals surface area contributed by atoms with Gasteiger partial charge >= 0.3 is 0 Å². The normalized spacial score (nSPS) is 10.6. The van der Waals surface area contributed by atoms with Crippen molar-refractivity contribution >= 4 is 28.9 Å². The summed E-state index contributed by atoms with van der Waals surface area (Å²) in [5, 5.41) is 11.2. The summed E-state index contributed by atoms with van der Waals surface area (Å²) < 4.78 is 5.46. The van der Waals surface area contributed by atoms with Gasteiger partial charge in [-0.1, -0.05) is 24.3 Å².